The molecule has 5 nitrogen and oxygen atoms in total. The summed E-state index contributed by atoms with van der Waals surface area (Å²) in [6.45, 7) is 3.36. The fourth-order valence-electron chi connectivity index (χ4n) is 2.11. The van der Waals surface area contributed by atoms with Crippen LogP contribution in [0.4, 0.5) is 19.0 Å². The Kier molecular flexibility index (Phi) is 9.13. The first-order valence-electron chi connectivity index (χ1n) is 7.66. The van der Waals surface area contributed by atoms with Crippen LogP contribution < -0.4 is 16.0 Å². The zero-order valence-corrected chi connectivity index (χ0v) is 17.5. The van der Waals surface area contributed by atoms with Crippen LogP contribution in [0.2, 0.25) is 0 Å². The van der Waals surface area contributed by atoms with Gasteiger partial charge in [-0.2, -0.15) is 13.2 Å². The highest BCUT2D eigenvalue weighted by Crippen LogP contribution is 2.33. The second kappa shape index (κ2) is 10.6. The number of alkyl halides is 3. The predicted molar refractivity (Wildman–Crippen MR) is 110 cm³/mol. The zero-order valence-electron chi connectivity index (χ0n) is 14.4. The molecule has 0 atom stereocenters. The van der Waals surface area contributed by atoms with Crippen LogP contribution in [0.25, 0.3) is 0 Å². The van der Waals surface area contributed by atoms with Gasteiger partial charge in [0.2, 0.25) is 0 Å². The van der Waals surface area contributed by atoms with Crippen molar-refractivity contribution in [3.8, 4) is 0 Å². The Bertz CT molecular complexity index is 718. The summed E-state index contributed by atoms with van der Waals surface area (Å²) < 4.78 is 38.6. The van der Waals surface area contributed by atoms with E-state index in [1.54, 1.807) is 18.4 Å². The summed E-state index contributed by atoms with van der Waals surface area (Å²) in [4.78, 5) is 10.3. The van der Waals surface area contributed by atoms with Gasteiger partial charge in [-0.05, 0) is 31.2 Å². The van der Waals surface area contributed by atoms with E-state index in [1.165, 1.54) is 22.0 Å². The minimum absolute atomic E-state index is 0. The molecule has 2 aromatic rings. The third kappa shape index (κ3) is 6.98. The number of anilines is 1. The molecule has 0 spiro atoms. The van der Waals surface area contributed by atoms with Crippen molar-refractivity contribution in [2.75, 3.05) is 25.5 Å². The summed E-state index contributed by atoms with van der Waals surface area (Å²) in [7, 11) is 1.64. The van der Waals surface area contributed by atoms with Gasteiger partial charge in [-0.3, -0.25) is 4.99 Å². The highest BCUT2D eigenvalue weighted by atomic mass is 127. The van der Waals surface area contributed by atoms with Crippen molar-refractivity contribution in [1.82, 2.24) is 15.6 Å². The van der Waals surface area contributed by atoms with Crippen LogP contribution in [0.1, 0.15) is 15.3 Å². The molecule has 0 saturated heterocycles. The van der Waals surface area contributed by atoms with E-state index in [9.17, 15) is 13.2 Å². The molecule has 2 aromatic heterocycles. The topological polar surface area (TPSA) is 61.3 Å². The molecule has 0 fully saturated rings. The van der Waals surface area contributed by atoms with Crippen molar-refractivity contribution in [3.05, 3.63) is 45.8 Å². The highest BCUT2D eigenvalue weighted by molar-refractivity contribution is 14.0. The Morgan fingerprint density at radius 2 is 1.96 bits per heavy atom. The Labute approximate surface area is 171 Å². The van der Waals surface area contributed by atoms with Crippen LogP contribution in [0.5, 0.6) is 0 Å². The second-order valence-electron chi connectivity index (χ2n) is 5.19. The molecule has 0 aliphatic heterocycles. The lowest BCUT2D eigenvalue weighted by atomic mass is 10.2. The third-order valence-corrected chi connectivity index (χ3v) is 4.27. The number of nitrogens with zero attached hydrogens (tertiary/aromatic N) is 2. The van der Waals surface area contributed by atoms with Gasteiger partial charge in [0.25, 0.3) is 0 Å². The normalized spacial score (nSPS) is 11.7. The molecule has 2 heterocycles. The largest absolute Gasteiger partial charge is 0.419 e. The summed E-state index contributed by atoms with van der Waals surface area (Å²) in [5.74, 6) is 0.415. The van der Waals surface area contributed by atoms with Gasteiger partial charge >= 0.3 is 6.18 Å². The fourth-order valence-corrected chi connectivity index (χ4v) is 2.94. The van der Waals surface area contributed by atoms with Gasteiger partial charge < -0.3 is 16.0 Å². The summed E-state index contributed by atoms with van der Waals surface area (Å²) >= 11 is 1.70. The first-order valence-corrected chi connectivity index (χ1v) is 8.47. The van der Waals surface area contributed by atoms with E-state index in [0.29, 0.717) is 19.0 Å². The Balaban J connectivity index is 0.00000338. The molecule has 0 amide bonds. The lowest BCUT2D eigenvalue weighted by molar-refractivity contribution is -0.137. The van der Waals surface area contributed by atoms with E-state index in [-0.39, 0.29) is 36.3 Å². The fraction of sp³-hybridized carbons (Fsp3) is 0.375. The van der Waals surface area contributed by atoms with Gasteiger partial charge in [0.15, 0.2) is 5.96 Å². The molecular formula is C16H21F3IN5S. The van der Waals surface area contributed by atoms with Crippen molar-refractivity contribution in [2.45, 2.75) is 19.6 Å². The second-order valence-corrected chi connectivity index (χ2v) is 6.56. The number of aryl methyl sites for hydroxylation is 1. The number of rotatable bonds is 6. The number of halogens is 4. The van der Waals surface area contributed by atoms with Crippen LogP contribution >= 0.6 is 35.3 Å². The minimum atomic E-state index is -4.43. The monoisotopic (exact) mass is 499 g/mol. The molecule has 0 aliphatic carbocycles. The summed E-state index contributed by atoms with van der Waals surface area (Å²) in [6.07, 6.45) is -3.10. The molecule has 0 unspecified atom stereocenters. The third-order valence-electron chi connectivity index (χ3n) is 3.27. The average Bonchev–Trinajstić information content (AvgIpc) is 2.99. The average molecular weight is 499 g/mol. The number of aliphatic imine (C=N–C) groups is 1. The van der Waals surface area contributed by atoms with Crippen LogP contribution in [-0.2, 0) is 12.7 Å². The first-order chi connectivity index (χ1) is 11.9. The van der Waals surface area contributed by atoms with E-state index in [0.717, 1.165) is 6.07 Å². The maximum atomic E-state index is 12.9. The number of hydrogen-bond donors (Lipinski definition) is 3. The molecule has 0 radical (unpaired) electrons. The van der Waals surface area contributed by atoms with Crippen molar-refractivity contribution in [2.24, 2.45) is 4.99 Å². The first kappa shape index (κ1) is 22.5. The number of nitrogens with one attached hydrogen (secondary N) is 3. The van der Waals surface area contributed by atoms with Gasteiger partial charge in [-0.1, -0.05) is 0 Å². The lowest BCUT2D eigenvalue weighted by Crippen LogP contribution is -2.39. The van der Waals surface area contributed by atoms with Gasteiger partial charge in [0, 0.05) is 36.1 Å². The van der Waals surface area contributed by atoms with Crippen LogP contribution in [0.15, 0.2) is 35.5 Å². The standard InChI is InChI=1S/C16H20F3N5S.HI/c1-11-5-6-12(25-11)10-24-15(20-2)23-9-8-22-14-13(16(17,18)19)4-3-7-21-14;/h3-7H,8-10H2,1-2H3,(H,21,22)(H2,20,23,24);1H. The molecule has 0 bridgehead atoms. The van der Waals surface area contributed by atoms with Gasteiger partial charge in [-0.25, -0.2) is 4.98 Å². The molecular weight excluding hydrogens is 478 g/mol. The molecule has 0 saturated carbocycles. The minimum Gasteiger partial charge on any atom is -0.368 e. The number of aromatic nitrogens is 1. The van der Waals surface area contributed by atoms with Gasteiger partial charge in [-0.15, -0.1) is 35.3 Å². The quantitative estimate of drug-likeness (QED) is 0.245. The number of guanidine groups is 1. The van der Waals surface area contributed by atoms with Gasteiger partial charge in [0.1, 0.15) is 5.82 Å². The molecule has 3 N–H and O–H groups in total. The summed E-state index contributed by atoms with van der Waals surface area (Å²) in [5, 5.41) is 8.91. The van der Waals surface area contributed by atoms with Crippen LogP contribution in [-0.4, -0.2) is 31.1 Å². The van der Waals surface area contributed by atoms with E-state index in [4.69, 9.17) is 0 Å². The van der Waals surface area contributed by atoms with E-state index < -0.39 is 11.7 Å². The molecule has 144 valence electrons. The Morgan fingerprint density at radius 1 is 1.19 bits per heavy atom. The zero-order chi connectivity index (χ0) is 18.3. The SMILES string of the molecule is CN=C(NCCNc1ncccc1C(F)(F)F)NCc1ccc(C)s1.I. The lowest BCUT2D eigenvalue weighted by Gasteiger charge is -2.14. The van der Waals surface area contributed by atoms with Crippen molar-refractivity contribution in [1.29, 1.82) is 0 Å². The van der Waals surface area contributed by atoms with Crippen molar-refractivity contribution < 1.29 is 13.2 Å². The van der Waals surface area contributed by atoms with Crippen molar-refractivity contribution >= 4 is 47.1 Å². The summed E-state index contributed by atoms with van der Waals surface area (Å²) in [5.41, 5.74) is -0.773. The molecule has 0 aliphatic rings. The highest BCUT2D eigenvalue weighted by Gasteiger charge is 2.33. The Hall–Kier alpha value is -1.56. The Morgan fingerprint density at radius 3 is 2.58 bits per heavy atom. The molecule has 2 rings (SSSR count). The van der Waals surface area contributed by atoms with Gasteiger partial charge in [0.05, 0.1) is 12.1 Å². The van der Waals surface area contributed by atoms with Crippen LogP contribution in [0, 0.1) is 6.92 Å². The maximum absolute atomic E-state index is 12.9. The maximum Gasteiger partial charge on any atom is 0.419 e. The number of pyridine rings is 1. The molecule has 26 heavy (non-hydrogen) atoms. The van der Waals surface area contributed by atoms with E-state index in [2.05, 4.69) is 25.9 Å². The van der Waals surface area contributed by atoms with Crippen molar-refractivity contribution in [3.63, 3.8) is 0 Å². The van der Waals surface area contributed by atoms with E-state index >= 15 is 0 Å². The predicted octanol–water partition coefficient (Wildman–Crippen LogP) is 3.87. The number of thiophene rings is 1. The van der Waals surface area contributed by atoms with E-state index in [1.807, 2.05) is 19.1 Å². The summed E-state index contributed by atoms with van der Waals surface area (Å²) in [6, 6.07) is 6.37. The number of hydrogen-bond acceptors (Lipinski definition) is 4. The van der Waals surface area contributed by atoms with Crippen LogP contribution in [0.3, 0.4) is 0 Å². The smallest absolute Gasteiger partial charge is 0.368 e. The molecule has 0 aromatic carbocycles. The molecule has 10 heteroatoms.